The maximum atomic E-state index is 14.9. The van der Waals surface area contributed by atoms with E-state index in [0.29, 0.717) is 24.5 Å². The first kappa shape index (κ1) is 34.4. The predicted molar refractivity (Wildman–Crippen MR) is 160 cm³/mol. The van der Waals surface area contributed by atoms with Crippen molar-refractivity contribution in [1.82, 2.24) is 14.8 Å². The van der Waals surface area contributed by atoms with Gasteiger partial charge >= 0.3 is 24.8 Å². The number of rotatable bonds is 9. The van der Waals surface area contributed by atoms with Crippen molar-refractivity contribution in [3.8, 4) is 5.75 Å². The standard InChI is InChI=1S/C32H30F2N6O4.Li.H2O/c1-35-29-15-26(39-12-10-38(11-13-39)25-5-2-23(3-6-25)31(41)42)7-9-30(29)43-17-22-16-32(44-18-22,19-40-21-36-20-37-40)27-8-4-24(33)14-28(27)34;;/h2-9,14-15,20-22H,10-13,16-19H2,(H,41,42);;1H2/q;+1;/p-1/t22-,32+;;/m1../s1. The van der Waals surface area contributed by atoms with E-state index in [1.54, 1.807) is 22.9 Å². The number of aromatic nitrogens is 3. The van der Waals surface area contributed by atoms with E-state index in [9.17, 15) is 13.6 Å². The van der Waals surface area contributed by atoms with Gasteiger partial charge in [-0.3, -0.25) is 0 Å². The van der Waals surface area contributed by atoms with Crippen LogP contribution < -0.4 is 33.4 Å². The fourth-order valence-corrected chi connectivity index (χ4v) is 5.94. The number of ether oxygens (including phenoxy) is 2. The number of carbonyl (C=O) groups is 1. The minimum atomic E-state index is -1.08. The molecule has 11 nitrogen and oxygen atoms in total. The first-order chi connectivity index (χ1) is 21.3. The molecule has 234 valence electrons. The number of benzene rings is 3. The fourth-order valence-electron chi connectivity index (χ4n) is 5.94. The third-order valence-electron chi connectivity index (χ3n) is 8.18. The van der Waals surface area contributed by atoms with E-state index in [0.717, 1.165) is 43.6 Å². The average molecular weight is 625 g/mol. The number of aromatic carboxylic acids is 1. The molecule has 0 amide bonds. The van der Waals surface area contributed by atoms with E-state index in [2.05, 4.69) is 24.7 Å². The second kappa shape index (κ2) is 14.8. The molecular weight excluding hydrogens is 593 g/mol. The predicted octanol–water partition coefficient (Wildman–Crippen LogP) is 1.97. The topological polar surface area (TPSA) is 127 Å². The van der Waals surface area contributed by atoms with Gasteiger partial charge in [0.25, 0.3) is 0 Å². The molecule has 0 unspecified atom stereocenters. The summed E-state index contributed by atoms with van der Waals surface area (Å²) in [5.41, 5.74) is 1.73. The molecule has 2 N–H and O–H groups in total. The molecule has 0 saturated carbocycles. The molecule has 2 fully saturated rings. The van der Waals surface area contributed by atoms with E-state index >= 15 is 0 Å². The van der Waals surface area contributed by atoms with Crippen molar-refractivity contribution in [2.24, 2.45) is 5.92 Å². The van der Waals surface area contributed by atoms with Crippen LogP contribution in [0, 0.1) is 24.1 Å². The summed E-state index contributed by atoms with van der Waals surface area (Å²) in [4.78, 5) is 23.2. The molecule has 2 aliphatic rings. The van der Waals surface area contributed by atoms with Gasteiger partial charge in [0.1, 0.15) is 35.6 Å². The SMILES string of the molecule is [C-]#[N+]c1cc(N2CCN(c3ccc(C(=O)O)cc3)CC2)ccc1OC[C@@H]1CO[C@@](Cn2cncn2)(c2ccc(F)cc2F)C1.[Li+].[OH-]. The van der Waals surface area contributed by atoms with Gasteiger partial charge in [0.15, 0.2) is 0 Å². The van der Waals surface area contributed by atoms with Gasteiger partial charge in [0.05, 0.1) is 31.9 Å². The Bertz CT molecular complexity index is 1680. The van der Waals surface area contributed by atoms with Gasteiger partial charge < -0.3 is 29.9 Å². The molecule has 0 spiro atoms. The Hall–Kier alpha value is -4.46. The number of halogens is 2. The summed E-state index contributed by atoms with van der Waals surface area (Å²) >= 11 is 0. The Balaban J connectivity index is 0.00000240. The van der Waals surface area contributed by atoms with Gasteiger partial charge in [-0.05, 0) is 55.0 Å². The Morgan fingerprint density at radius 2 is 1.74 bits per heavy atom. The van der Waals surface area contributed by atoms with Crippen LogP contribution in [-0.4, -0.2) is 70.7 Å². The van der Waals surface area contributed by atoms with Gasteiger partial charge in [0, 0.05) is 55.1 Å². The van der Waals surface area contributed by atoms with Crippen molar-refractivity contribution < 1.29 is 52.5 Å². The van der Waals surface area contributed by atoms with Gasteiger partial charge in [-0.15, -0.1) is 0 Å². The Morgan fingerprint density at radius 1 is 1.04 bits per heavy atom. The van der Waals surface area contributed by atoms with Crippen molar-refractivity contribution in [2.45, 2.75) is 18.6 Å². The summed E-state index contributed by atoms with van der Waals surface area (Å²) in [5.74, 6) is -1.95. The van der Waals surface area contributed by atoms with Crippen molar-refractivity contribution >= 4 is 23.0 Å². The Kier molecular flexibility index (Phi) is 11.0. The maximum absolute atomic E-state index is 14.9. The van der Waals surface area contributed by atoms with Crippen LogP contribution in [-0.2, 0) is 16.9 Å². The first-order valence-electron chi connectivity index (χ1n) is 14.2. The molecule has 2 atom stereocenters. The van der Waals surface area contributed by atoms with Gasteiger partial charge in [-0.1, -0.05) is 6.07 Å². The van der Waals surface area contributed by atoms with Crippen molar-refractivity contribution in [3.63, 3.8) is 0 Å². The number of nitrogens with zero attached hydrogens (tertiary/aromatic N) is 6. The quantitative estimate of drug-likeness (QED) is 0.220. The minimum Gasteiger partial charge on any atom is -0.870 e. The zero-order chi connectivity index (χ0) is 30.7. The third-order valence-corrected chi connectivity index (χ3v) is 8.18. The zero-order valence-electron chi connectivity index (χ0n) is 25.2. The maximum Gasteiger partial charge on any atom is 1.00 e. The molecule has 0 radical (unpaired) electrons. The smallest absolute Gasteiger partial charge is 0.870 e. The summed E-state index contributed by atoms with van der Waals surface area (Å²) in [5, 5.41) is 13.3. The van der Waals surface area contributed by atoms with Crippen LogP contribution in [0.4, 0.5) is 25.8 Å². The van der Waals surface area contributed by atoms with Gasteiger partial charge in [-0.2, -0.15) is 5.10 Å². The summed E-state index contributed by atoms with van der Waals surface area (Å²) in [6, 6.07) is 15.9. The van der Waals surface area contributed by atoms with Crippen LogP contribution in [0.15, 0.2) is 73.3 Å². The van der Waals surface area contributed by atoms with Crippen LogP contribution in [0.3, 0.4) is 0 Å². The number of carboxylic acids is 1. The summed E-state index contributed by atoms with van der Waals surface area (Å²) < 4.78 is 42.5. The molecule has 46 heavy (non-hydrogen) atoms. The molecule has 6 rings (SSSR count). The van der Waals surface area contributed by atoms with E-state index in [-0.39, 0.29) is 54.5 Å². The number of carboxylic acid groups (broad SMARTS) is 1. The van der Waals surface area contributed by atoms with Crippen molar-refractivity contribution in [3.05, 3.63) is 107 Å². The molecule has 0 aliphatic carbocycles. The molecule has 0 bridgehead atoms. The second-order valence-corrected chi connectivity index (χ2v) is 11.0. The van der Waals surface area contributed by atoms with E-state index in [1.807, 2.05) is 24.3 Å². The number of hydrogen-bond donors (Lipinski definition) is 1. The molecule has 3 aromatic carbocycles. The summed E-state index contributed by atoms with van der Waals surface area (Å²) in [6.45, 7) is 11.5. The fraction of sp³-hybridized carbons (Fsp3) is 0.312. The van der Waals surface area contributed by atoms with Crippen LogP contribution in [0.25, 0.3) is 4.85 Å². The van der Waals surface area contributed by atoms with E-state index in [1.165, 1.54) is 24.8 Å². The molecule has 1 aromatic heterocycles. The Morgan fingerprint density at radius 3 is 2.37 bits per heavy atom. The Labute approximate surface area is 276 Å². The summed E-state index contributed by atoms with van der Waals surface area (Å²) in [6.07, 6.45) is 3.32. The van der Waals surface area contributed by atoms with Gasteiger partial charge in [0.2, 0.25) is 5.69 Å². The van der Waals surface area contributed by atoms with Gasteiger partial charge in [-0.25, -0.2) is 28.1 Å². The summed E-state index contributed by atoms with van der Waals surface area (Å²) in [7, 11) is 0. The number of piperazine rings is 1. The third kappa shape index (κ3) is 7.32. The van der Waals surface area contributed by atoms with Crippen LogP contribution in [0.1, 0.15) is 22.3 Å². The average Bonchev–Trinajstić information content (AvgIpc) is 3.70. The molecule has 2 saturated heterocycles. The number of hydrogen-bond acceptors (Lipinski definition) is 8. The second-order valence-electron chi connectivity index (χ2n) is 11.0. The normalized spacial score (nSPS) is 19.1. The monoisotopic (exact) mass is 624 g/mol. The molecule has 14 heteroatoms. The van der Waals surface area contributed by atoms with E-state index in [4.69, 9.17) is 21.2 Å². The van der Waals surface area contributed by atoms with Crippen molar-refractivity contribution in [1.29, 1.82) is 0 Å². The van der Waals surface area contributed by atoms with Crippen LogP contribution in [0.5, 0.6) is 5.75 Å². The van der Waals surface area contributed by atoms with Crippen LogP contribution >= 0.6 is 0 Å². The largest absolute Gasteiger partial charge is 1.00 e. The number of anilines is 2. The minimum absolute atomic E-state index is 0. The molecule has 3 heterocycles. The van der Waals surface area contributed by atoms with Crippen molar-refractivity contribution in [2.75, 3.05) is 49.2 Å². The molecule has 4 aromatic rings. The van der Waals surface area contributed by atoms with Crippen LogP contribution in [0.2, 0.25) is 0 Å². The first-order valence-corrected chi connectivity index (χ1v) is 14.2. The van der Waals surface area contributed by atoms with E-state index < -0.39 is 23.2 Å². The molecular formula is C32H31F2LiN6O5. The molecule has 2 aliphatic heterocycles. The zero-order valence-corrected chi connectivity index (χ0v) is 25.2.